The molecular formula is C17H16N4O2. The number of para-hydroxylation sites is 1. The molecular weight excluding hydrogens is 292 g/mol. The van der Waals surface area contributed by atoms with E-state index in [2.05, 4.69) is 10.3 Å². The Bertz CT molecular complexity index is 783. The number of fused-ring (bicyclic) bond motifs is 1. The van der Waals surface area contributed by atoms with Gasteiger partial charge in [-0.2, -0.15) is 5.26 Å². The monoisotopic (exact) mass is 308 g/mol. The highest BCUT2D eigenvalue weighted by atomic mass is 16.5. The maximum absolute atomic E-state index is 12.3. The van der Waals surface area contributed by atoms with Crippen LogP contribution in [-0.4, -0.2) is 42.1 Å². The molecule has 0 aliphatic carbocycles. The number of carbonyl (C=O) groups excluding carboxylic acids is 1. The summed E-state index contributed by atoms with van der Waals surface area (Å²) in [7, 11) is 0. The van der Waals surface area contributed by atoms with E-state index in [4.69, 9.17) is 4.74 Å². The smallest absolute Gasteiger partial charge is 0.266 e. The predicted molar refractivity (Wildman–Crippen MR) is 86.5 cm³/mol. The van der Waals surface area contributed by atoms with Crippen molar-refractivity contribution in [3.63, 3.8) is 0 Å². The van der Waals surface area contributed by atoms with Gasteiger partial charge in [0.2, 0.25) is 0 Å². The van der Waals surface area contributed by atoms with Crippen molar-refractivity contribution in [3.05, 3.63) is 48.3 Å². The third kappa shape index (κ3) is 3.30. The molecule has 1 saturated heterocycles. The quantitative estimate of drug-likeness (QED) is 0.692. The molecule has 1 aliphatic heterocycles. The van der Waals surface area contributed by atoms with Gasteiger partial charge in [-0.25, -0.2) is 0 Å². The number of pyridine rings is 1. The Morgan fingerprint density at radius 2 is 2.09 bits per heavy atom. The van der Waals surface area contributed by atoms with Crippen molar-refractivity contribution in [2.45, 2.75) is 0 Å². The fourth-order valence-corrected chi connectivity index (χ4v) is 2.45. The second kappa shape index (κ2) is 6.90. The van der Waals surface area contributed by atoms with Crippen LogP contribution in [0.2, 0.25) is 0 Å². The summed E-state index contributed by atoms with van der Waals surface area (Å²) in [6.45, 7) is 2.03. The number of nitrogens with one attached hydrogen (secondary N) is 1. The number of morpholine rings is 1. The number of hydrogen-bond acceptors (Lipinski definition) is 5. The molecule has 23 heavy (non-hydrogen) atoms. The van der Waals surface area contributed by atoms with Crippen molar-refractivity contribution in [1.29, 1.82) is 5.26 Å². The summed E-state index contributed by atoms with van der Waals surface area (Å²) in [6, 6.07) is 11.5. The molecule has 0 saturated carbocycles. The van der Waals surface area contributed by atoms with Crippen LogP contribution in [0, 0.1) is 11.3 Å². The van der Waals surface area contributed by atoms with E-state index in [1.165, 1.54) is 6.20 Å². The van der Waals surface area contributed by atoms with Crippen molar-refractivity contribution < 1.29 is 9.53 Å². The second-order valence-electron chi connectivity index (χ2n) is 5.10. The zero-order valence-corrected chi connectivity index (χ0v) is 12.5. The Morgan fingerprint density at radius 3 is 2.87 bits per heavy atom. The van der Waals surface area contributed by atoms with Crippen LogP contribution in [0.1, 0.15) is 0 Å². The number of carbonyl (C=O) groups is 1. The van der Waals surface area contributed by atoms with E-state index in [1.54, 1.807) is 11.1 Å². The van der Waals surface area contributed by atoms with E-state index in [-0.39, 0.29) is 11.5 Å². The van der Waals surface area contributed by atoms with Gasteiger partial charge in [0.15, 0.2) is 0 Å². The lowest BCUT2D eigenvalue weighted by atomic mass is 10.2. The highest BCUT2D eigenvalue weighted by Crippen LogP contribution is 2.20. The van der Waals surface area contributed by atoms with Gasteiger partial charge in [0.1, 0.15) is 11.6 Å². The molecule has 0 bridgehead atoms. The molecule has 1 amide bonds. The lowest BCUT2D eigenvalue weighted by Gasteiger charge is -2.26. The van der Waals surface area contributed by atoms with Crippen LogP contribution >= 0.6 is 0 Å². The van der Waals surface area contributed by atoms with Crippen LogP contribution in [-0.2, 0) is 9.53 Å². The number of aromatic nitrogens is 1. The van der Waals surface area contributed by atoms with Gasteiger partial charge in [0.05, 0.1) is 24.4 Å². The van der Waals surface area contributed by atoms with E-state index in [0.717, 1.165) is 16.6 Å². The van der Waals surface area contributed by atoms with Gasteiger partial charge in [0.25, 0.3) is 5.91 Å². The van der Waals surface area contributed by atoms with Gasteiger partial charge in [-0.1, -0.05) is 18.2 Å². The zero-order valence-electron chi connectivity index (χ0n) is 12.5. The summed E-state index contributed by atoms with van der Waals surface area (Å²) in [4.78, 5) is 18.3. The van der Waals surface area contributed by atoms with E-state index in [0.29, 0.717) is 26.3 Å². The lowest BCUT2D eigenvalue weighted by molar-refractivity contribution is -0.130. The average molecular weight is 308 g/mol. The molecule has 116 valence electrons. The Kier molecular flexibility index (Phi) is 4.50. The maximum Gasteiger partial charge on any atom is 0.266 e. The predicted octanol–water partition coefficient (Wildman–Crippen LogP) is 1.91. The minimum Gasteiger partial charge on any atom is -0.378 e. The van der Waals surface area contributed by atoms with E-state index >= 15 is 0 Å². The Morgan fingerprint density at radius 1 is 1.30 bits per heavy atom. The first-order valence-electron chi connectivity index (χ1n) is 7.37. The van der Waals surface area contributed by atoms with E-state index in [9.17, 15) is 10.1 Å². The zero-order chi connectivity index (χ0) is 16.1. The van der Waals surface area contributed by atoms with Crippen molar-refractivity contribution in [3.8, 4) is 6.07 Å². The first-order chi connectivity index (χ1) is 11.3. The molecule has 0 radical (unpaired) electrons. The number of amides is 1. The lowest BCUT2D eigenvalue weighted by Crippen LogP contribution is -2.41. The van der Waals surface area contributed by atoms with Crippen LogP contribution < -0.4 is 5.32 Å². The molecule has 6 heteroatoms. The third-order valence-corrected chi connectivity index (χ3v) is 3.65. The minimum absolute atomic E-state index is 0.0693. The Hall–Kier alpha value is -2.91. The largest absolute Gasteiger partial charge is 0.378 e. The van der Waals surface area contributed by atoms with Gasteiger partial charge < -0.3 is 15.0 Å². The minimum atomic E-state index is -0.281. The molecule has 2 heterocycles. The number of nitriles is 1. The number of benzene rings is 1. The summed E-state index contributed by atoms with van der Waals surface area (Å²) in [5, 5.41) is 13.3. The van der Waals surface area contributed by atoms with Gasteiger partial charge in [0, 0.05) is 30.9 Å². The first-order valence-corrected chi connectivity index (χ1v) is 7.37. The highest BCUT2D eigenvalue weighted by molar-refractivity contribution is 5.98. The highest BCUT2D eigenvalue weighted by Gasteiger charge is 2.20. The Balaban J connectivity index is 1.81. The van der Waals surface area contributed by atoms with Gasteiger partial charge >= 0.3 is 0 Å². The summed E-state index contributed by atoms with van der Waals surface area (Å²) >= 11 is 0. The van der Waals surface area contributed by atoms with Gasteiger partial charge in [-0.05, 0) is 12.1 Å². The maximum atomic E-state index is 12.3. The summed E-state index contributed by atoms with van der Waals surface area (Å²) in [6.07, 6.45) is 3.16. The van der Waals surface area contributed by atoms with E-state index in [1.807, 2.05) is 36.4 Å². The molecule has 2 aromatic rings. The molecule has 0 unspecified atom stereocenters. The standard InChI is InChI=1S/C17H16N4O2/c18-11-14(17(22)21-7-9-23-10-8-21)12-20-15-5-1-3-13-4-2-6-19-16(13)15/h1-6,12,20H,7-10H2/b14-12-. The molecule has 0 atom stereocenters. The number of nitrogens with zero attached hydrogens (tertiary/aromatic N) is 3. The Labute approximate surface area is 134 Å². The van der Waals surface area contributed by atoms with Crippen LogP contribution in [0.4, 0.5) is 5.69 Å². The topological polar surface area (TPSA) is 78.2 Å². The molecule has 1 aromatic carbocycles. The average Bonchev–Trinajstić information content (AvgIpc) is 2.63. The fraction of sp³-hybridized carbons (Fsp3) is 0.235. The van der Waals surface area contributed by atoms with E-state index < -0.39 is 0 Å². The van der Waals surface area contributed by atoms with Crippen LogP contribution in [0.25, 0.3) is 10.9 Å². The molecule has 1 aromatic heterocycles. The van der Waals surface area contributed by atoms with Crippen molar-refractivity contribution in [2.24, 2.45) is 0 Å². The molecule has 3 rings (SSSR count). The fourth-order valence-electron chi connectivity index (χ4n) is 2.45. The number of hydrogen-bond donors (Lipinski definition) is 1. The first kappa shape index (κ1) is 15.0. The third-order valence-electron chi connectivity index (χ3n) is 3.65. The second-order valence-corrected chi connectivity index (χ2v) is 5.10. The molecule has 1 aliphatic rings. The van der Waals surface area contributed by atoms with Crippen LogP contribution in [0.15, 0.2) is 48.3 Å². The van der Waals surface area contributed by atoms with Crippen molar-refractivity contribution >= 4 is 22.5 Å². The van der Waals surface area contributed by atoms with Crippen LogP contribution in [0.5, 0.6) is 0 Å². The molecule has 0 spiro atoms. The number of anilines is 1. The number of rotatable bonds is 3. The molecule has 1 N–H and O–H groups in total. The van der Waals surface area contributed by atoms with Crippen molar-refractivity contribution in [2.75, 3.05) is 31.6 Å². The normalized spacial score (nSPS) is 15.3. The SMILES string of the molecule is N#C/C(=C/Nc1cccc2cccnc12)C(=O)N1CCOCC1. The van der Waals surface area contributed by atoms with Gasteiger partial charge in [-0.3, -0.25) is 9.78 Å². The number of ether oxygens (including phenoxy) is 1. The molecule has 1 fully saturated rings. The summed E-state index contributed by atoms with van der Waals surface area (Å²) < 4.78 is 5.22. The van der Waals surface area contributed by atoms with Crippen molar-refractivity contribution in [1.82, 2.24) is 9.88 Å². The van der Waals surface area contributed by atoms with Crippen LogP contribution in [0.3, 0.4) is 0 Å². The molecule has 6 nitrogen and oxygen atoms in total. The van der Waals surface area contributed by atoms with Gasteiger partial charge in [-0.15, -0.1) is 0 Å². The summed E-state index contributed by atoms with van der Waals surface area (Å²) in [5.74, 6) is -0.281. The summed E-state index contributed by atoms with van der Waals surface area (Å²) in [5.41, 5.74) is 1.62.